The third kappa shape index (κ3) is 2.89. The minimum absolute atomic E-state index is 0.122. The van der Waals surface area contributed by atoms with Crippen LogP contribution in [-0.2, 0) is 29.6 Å². The second-order valence-electron chi connectivity index (χ2n) is 5.09. The third-order valence-electron chi connectivity index (χ3n) is 3.71. The van der Waals surface area contributed by atoms with Crippen LogP contribution in [0.5, 0.6) is 0 Å². The summed E-state index contributed by atoms with van der Waals surface area (Å²) in [6, 6.07) is 11.3. The summed E-state index contributed by atoms with van der Waals surface area (Å²) in [5, 5.41) is 9.10. The highest BCUT2D eigenvalue weighted by Crippen LogP contribution is 2.28. The van der Waals surface area contributed by atoms with E-state index in [1.165, 1.54) is 5.56 Å². The molecule has 0 aliphatic carbocycles. The zero-order valence-electron chi connectivity index (χ0n) is 11.5. The minimum atomic E-state index is -3.48. The van der Waals surface area contributed by atoms with E-state index in [1.54, 1.807) is 16.4 Å². The van der Waals surface area contributed by atoms with Gasteiger partial charge in [0.15, 0.2) is 0 Å². The van der Waals surface area contributed by atoms with Gasteiger partial charge >= 0.3 is 0 Å². The maximum Gasteiger partial charge on any atom is 0.252 e. The van der Waals surface area contributed by atoms with Crippen molar-refractivity contribution in [2.24, 2.45) is 0 Å². The van der Waals surface area contributed by atoms with E-state index in [0.29, 0.717) is 22.2 Å². The number of aliphatic hydroxyl groups is 1. The molecule has 6 heteroatoms. The van der Waals surface area contributed by atoms with Crippen LogP contribution in [0.25, 0.3) is 0 Å². The number of nitrogens with zero attached hydrogens (tertiary/aromatic N) is 1. The van der Waals surface area contributed by atoms with Crippen LogP contribution in [0.4, 0.5) is 0 Å². The molecule has 0 saturated heterocycles. The molecule has 0 atom stereocenters. The largest absolute Gasteiger partial charge is 0.391 e. The Labute approximate surface area is 128 Å². The first-order chi connectivity index (χ1) is 10.1. The molecule has 0 spiro atoms. The van der Waals surface area contributed by atoms with Gasteiger partial charge < -0.3 is 5.11 Å². The first kappa shape index (κ1) is 14.7. The quantitative estimate of drug-likeness (QED) is 0.943. The van der Waals surface area contributed by atoms with Crippen molar-refractivity contribution in [3.63, 3.8) is 0 Å². The predicted molar refractivity (Wildman–Crippen MR) is 82.6 cm³/mol. The fraction of sp³-hybridized carbons (Fsp3) is 0.333. The average molecular weight is 323 g/mol. The fourth-order valence-electron chi connectivity index (χ4n) is 2.58. The second kappa shape index (κ2) is 5.88. The van der Waals surface area contributed by atoms with Gasteiger partial charge in [-0.25, -0.2) is 8.42 Å². The highest BCUT2D eigenvalue weighted by atomic mass is 32.2. The molecule has 0 radical (unpaired) electrons. The maximum atomic E-state index is 12.7. The van der Waals surface area contributed by atoms with Gasteiger partial charge in [0.2, 0.25) is 0 Å². The Bertz CT molecular complexity index is 737. The number of benzene rings is 1. The predicted octanol–water partition coefficient (Wildman–Crippen LogP) is 2.38. The van der Waals surface area contributed by atoms with Crippen molar-refractivity contribution in [2.75, 3.05) is 6.54 Å². The number of sulfonamides is 1. The molecule has 1 N–H and O–H groups in total. The average Bonchev–Trinajstić information content (AvgIpc) is 2.87. The molecule has 1 aliphatic heterocycles. The Hall–Kier alpha value is -1.21. The summed E-state index contributed by atoms with van der Waals surface area (Å²) in [6.45, 7) is 0.831. The lowest BCUT2D eigenvalue weighted by molar-refractivity contribution is 0.285. The van der Waals surface area contributed by atoms with Gasteiger partial charge in [-0.1, -0.05) is 24.3 Å². The Kier molecular flexibility index (Phi) is 4.12. The molecule has 4 nitrogen and oxygen atoms in total. The van der Waals surface area contributed by atoms with Crippen molar-refractivity contribution >= 4 is 21.4 Å². The smallest absolute Gasteiger partial charge is 0.252 e. The highest BCUT2D eigenvalue weighted by Gasteiger charge is 2.28. The van der Waals surface area contributed by atoms with Crippen LogP contribution >= 0.6 is 11.3 Å². The molecule has 1 aromatic heterocycles. The van der Waals surface area contributed by atoms with E-state index < -0.39 is 10.0 Å². The molecule has 0 amide bonds. The van der Waals surface area contributed by atoms with Gasteiger partial charge in [-0.3, -0.25) is 0 Å². The topological polar surface area (TPSA) is 57.6 Å². The number of fused-ring (bicyclic) bond motifs is 1. The summed E-state index contributed by atoms with van der Waals surface area (Å²) in [5.41, 5.74) is 2.31. The Morgan fingerprint density at radius 2 is 1.90 bits per heavy atom. The standard InChI is InChI=1S/C15H17NO3S2/c17-11-14-7-8-15(20-14)21(18,19)16-9-3-6-12-4-1-2-5-13(12)10-16/h1-2,4-5,7-8,17H,3,6,9-11H2. The summed E-state index contributed by atoms with van der Waals surface area (Å²) >= 11 is 1.14. The summed E-state index contributed by atoms with van der Waals surface area (Å²) in [7, 11) is -3.48. The summed E-state index contributed by atoms with van der Waals surface area (Å²) in [6.07, 6.45) is 1.74. The van der Waals surface area contributed by atoms with Crippen molar-refractivity contribution in [1.82, 2.24) is 4.31 Å². The van der Waals surface area contributed by atoms with Crippen LogP contribution in [0.2, 0.25) is 0 Å². The molecule has 0 saturated carbocycles. The Morgan fingerprint density at radius 1 is 1.14 bits per heavy atom. The molecule has 0 fully saturated rings. The molecule has 2 heterocycles. The van der Waals surface area contributed by atoms with E-state index in [1.807, 2.05) is 18.2 Å². The Morgan fingerprint density at radius 3 is 2.62 bits per heavy atom. The van der Waals surface area contributed by atoms with Gasteiger partial charge in [-0.05, 0) is 36.1 Å². The van der Waals surface area contributed by atoms with Gasteiger partial charge in [0.05, 0.1) is 6.61 Å². The van der Waals surface area contributed by atoms with Crippen molar-refractivity contribution in [1.29, 1.82) is 0 Å². The lowest BCUT2D eigenvalue weighted by atomic mass is 10.0. The maximum absolute atomic E-state index is 12.7. The first-order valence-corrected chi connectivity index (χ1v) is 9.13. The van der Waals surface area contributed by atoms with E-state index in [2.05, 4.69) is 6.07 Å². The monoisotopic (exact) mass is 323 g/mol. The second-order valence-corrected chi connectivity index (χ2v) is 8.42. The van der Waals surface area contributed by atoms with Gasteiger partial charge in [0.25, 0.3) is 10.0 Å². The number of hydrogen-bond donors (Lipinski definition) is 1. The summed E-state index contributed by atoms with van der Waals surface area (Å²) in [5.74, 6) is 0. The van der Waals surface area contributed by atoms with Crippen LogP contribution < -0.4 is 0 Å². The van der Waals surface area contributed by atoms with Gasteiger partial charge in [0, 0.05) is 18.0 Å². The number of aliphatic hydroxyl groups excluding tert-OH is 1. The lowest BCUT2D eigenvalue weighted by Gasteiger charge is -2.19. The van der Waals surface area contributed by atoms with Crippen molar-refractivity contribution in [2.45, 2.75) is 30.2 Å². The zero-order chi connectivity index (χ0) is 14.9. The minimum Gasteiger partial charge on any atom is -0.391 e. The molecule has 1 aromatic carbocycles. The lowest BCUT2D eigenvalue weighted by Crippen LogP contribution is -2.30. The Balaban J connectivity index is 1.92. The summed E-state index contributed by atoms with van der Waals surface area (Å²) in [4.78, 5) is 0.670. The number of aryl methyl sites for hydroxylation is 1. The molecular formula is C15H17NO3S2. The number of rotatable bonds is 3. The third-order valence-corrected chi connectivity index (χ3v) is 7.09. The van der Waals surface area contributed by atoms with E-state index in [-0.39, 0.29) is 6.61 Å². The molecule has 1 aliphatic rings. The van der Waals surface area contributed by atoms with Crippen LogP contribution in [0, 0.1) is 0 Å². The van der Waals surface area contributed by atoms with E-state index in [0.717, 1.165) is 29.7 Å². The molecule has 112 valence electrons. The number of hydrogen-bond acceptors (Lipinski definition) is 4. The first-order valence-electron chi connectivity index (χ1n) is 6.88. The van der Waals surface area contributed by atoms with E-state index in [9.17, 15) is 8.42 Å². The number of thiophene rings is 1. The van der Waals surface area contributed by atoms with Crippen LogP contribution in [0.1, 0.15) is 22.4 Å². The SMILES string of the molecule is O=S(=O)(c1ccc(CO)s1)N1CCCc2ccccc2C1. The van der Waals surface area contributed by atoms with Crippen molar-refractivity contribution in [3.05, 3.63) is 52.4 Å². The highest BCUT2D eigenvalue weighted by molar-refractivity contribution is 7.91. The normalized spacial score (nSPS) is 16.4. The molecule has 0 bridgehead atoms. The van der Waals surface area contributed by atoms with Gasteiger partial charge in [-0.2, -0.15) is 4.31 Å². The van der Waals surface area contributed by atoms with Gasteiger partial charge in [-0.15, -0.1) is 11.3 Å². The van der Waals surface area contributed by atoms with Crippen molar-refractivity contribution < 1.29 is 13.5 Å². The van der Waals surface area contributed by atoms with Crippen LogP contribution in [0.3, 0.4) is 0 Å². The van der Waals surface area contributed by atoms with E-state index >= 15 is 0 Å². The molecule has 21 heavy (non-hydrogen) atoms. The van der Waals surface area contributed by atoms with Crippen LogP contribution in [-0.4, -0.2) is 24.4 Å². The molecule has 3 rings (SSSR count). The summed E-state index contributed by atoms with van der Waals surface area (Å²) < 4.78 is 27.3. The molecule has 0 unspecified atom stereocenters. The molecule has 2 aromatic rings. The molecular weight excluding hydrogens is 306 g/mol. The van der Waals surface area contributed by atoms with Crippen molar-refractivity contribution in [3.8, 4) is 0 Å². The van der Waals surface area contributed by atoms with Gasteiger partial charge in [0.1, 0.15) is 4.21 Å². The van der Waals surface area contributed by atoms with E-state index in [4.69, 9.17) is 5.11 Å². The van der Waals surface area contributed by atoms with Crippen LogP contribution in [0.15, 0.2) is 40.6 Å². The zero-order valence-corrected chi connectivity index (χ0v) is 13.2. The fourth-order valence-corrected chi connectivity index (χ4v) is 5.41.